The third kappa shape index (κ3) is 3.52. The molecule has 0 aliphatic rings. The van der Waals surface area contributed by atoms with E-state index in [4.69, 9.17) is 0 Å². The van der Waals surface area contributed by atoms with Gasteiger partial charge < -0.3 is 5.11 Å². The number of fused-ring (bicyclic) bond motifs is 1. The molecule has 0 atom stereocenters. The van der Waals surface area contributed by atoms with Crippen molar-refractivity contribution in [3.63, 3.8) is 0 Å². The lowest BCUT2D eigenvalue weighted by atomic mass is 9.96. The largest absolute Gasteiger partial charge is 0.493 e. The molecule has 154 valence electrons. The van der Waals surface area contributed by atoms with Gasteiger partial charge in [0, 0.05) is 23.6 Å². The predicted octanol–water partition coefficient (Wildman–Crippen LogP) is 3.83. The van der Waals surface area contributed by atoms with Crippen LogP contribution in [0.5, 0.6) is 5.88 Å². The Morgan fingerprint density at radius 3 is 2.55 bits per heavy atom. The van der Waals surface area contributed by atoms with Gasteiger partial charge in [-0.25, -0.2) is 9.61 Å². The normalized spacial score (nSPS) is 11.3. The van der Waals surface area contributed by atoms with Crippen molar-refractivity contribution in [2.24, 2.45) is 0 Å². The molecule has 0 aliphatic heterocycles. The summed E-state index contributed by atoms with van der Waals surface area (Å²) in [5, 5.41) is 29.2. The van der Waals surface area contributed by atoms with Crippen molar-refractivity contribution < 1.29 is 5.11 Å². The second-order valence-corrected chi connectivity index (χ2v) is 7.38. The van der Waals surface area contributed by atoms with Crippen LogP contribution in [0.3, 0.4) is 0 Å². The molecule has 8 heteroatoms. The van der Waals surface area contributed by atoms with Crippen LogP contribution in [-0.4, -0.2) is 40.3 Å². The van der Waals surface area contributed by atoms with Gasteiger partial charge in [0.2, 0.25) is 5.88 Å². The van der Waals surface area contributed by atoms with Crippen LogP contribution in [-0.2, 0) is 12.8 Å². The van der Waals surface area contributed by atoms with Crippen molar-refractivity contribution in [3.05, 3.63) is 77.6 Å². The number of aromatic nitrogens is 7. The van der Waals surface area contributed by atoms with E-state index < -0.39 is 0 Å². The Labute approximate surface area is 178 Å². The second kappa shape index (κ2) is 7.98. The summed E-state index contributed by atoms with van der Waals surface area (Å²) in [6, 6.07) is 18.1. The lowest BCUT2D eigenvalue weighted by Crippen LogP contribution is -2.07. The van der Waals surface area contributed by atoms with Gasteiger partial charge >= 0.3 is 0 Å². The number of rotatable bonds is 6. The SMILES string of the molecule is CCCc1c(Cc2ccc(-c3ccccc3-c3nnn[nH]3)cc2)c(O)nc2ccnn12. The van der Waals surface area contributed by atoms with Gasteiger partial charge in [0.25, 0.3) is 0 Å². The van der Waals surface area contributed by atoms with E-state index in [1.807, 2.05) is 28.8 Å². The molecule has 0 bridgehead atoms. The lowest BCUT2D eigenvalue weighted by molar-refractivity contribution is 0.444. The highest BCUT2D eigenvalue weighted by Crippen LogP contribution is 2.31. The number of aromatic hydroxyl groups is 1. The molecule has 0 saturated heterocycles. The molecule has 3 aromatic heterocycles. The monoisotopic (exact) mass is 411 g/mol. The summed E-state index contributed by atoms with van der Waals surface area (Å²) in [6.07, 6.45) is 4.07. The maximum atomic E-state index is 10.6. The summed E-state index contributed by atoms with van der Waals surface area (Å²) in [7, 11) is 0. The van der Waals surface area contributed by atoms with E-state index in [0.717, 1.165) is 46.4 Å². The van der Waals surface area contributed by atoms with E-state index in [0.29, 0.717) is 17.9 Å². The Morgan fingerprint density at radius 2 is 1.81 bits per heavy atom. The lowest BCUT2D eigenvalue weighted by Gasteiger charge is -2.13. The molecular formula is C23H21N7O. The van der Waals surface area contributed by atoms with E-state index in [1.54, 1.807) is 12.3 Å². The van der Waals surface area contributed by atoms with Gasteiger partial charge in [-0.3, -0.25) is 0 Å². The maximum Gasteiger partial charge on any atom is 0.218 e. The quantitative estimate of drug-likeness (QED) is 0.440. The van der Waals surface area contributed by atoms with Gasteiger partial charge in [0.05, 0.1) is 11.9 Å². The number of tetrazole rings is 1. The number of hydrogen-bond acceptors (Lipinski definition) is 6. The van der Waals surface area contributed by atoms with Crippen LogP contribution >= 0.6 is 0 Å². The Morgan fingerprint density at radius 1 is 1.00 bits per heavy atom. The zero-order chi connectivity index (χ0) is 21.2. The zero-order valence-electron chi connectivity index (χ0n) is 17.0. The van der Waals surface area contributed by atoms with Gasteiger partial charge in [0.15, 0.2) is 11.5 Å². The Balaban J connectivity index is 1.49. The van der Waals surface area contributed by atoms with Crippen molar-refractivity contribution >= 4 is 5.65 Å². The highest BCUT2D eigenvalue weighted by Gasteiger charge is 2.16. The minimum Gasteiger partial charge on any atom is -0.493 e. The van der Waals surface area contributed by atoms with Crippen LogP contribution in [0.2, 0.25) is 0 Å². The van der Waals surface area contributed by atoms with E-state index >= 15 is 0 Å². The molecule has 0 aliphatic carbocycles. The zero-order valence-corrected chi connectivity index (χ0v) is 17.0. The van der Waals surface area contributed by atoms with Crippen LogP contribution in [0.4, 0.5) is 0 Å². The number of nitrogens with one attached hydrogen (secondary N) is 1. The molecule has 2 N–H and O–H groups in total. The molecule has 3 heterocycles. The van der Waals surface area contributed by atoms with E-state index in [2.05, 4.69) is 61.9 Å². The molecule has 0 spiro atoms. The highest BCUT2D eigenvalue weighted by atomic mass is 16.3. The Kier molecular flexibility index (Phi) is 4.87. The summed E-state index contributed by atoms with van der Waals surface area (Å²) >= 11 is 0. The van der Waals surface area contributed by atoms with Crippen LogP contribution in [0.25, 0.3) is 28.2 Å². The van der Waals surface area contributed by atoms with Crippen LogP contribution in [0, 0.1) is 0 Å². The fourth-order valence-corrected chi connectivity index (χ4v) is 3.92. The third-order valence-corrected chi connectivity index (χ3v) is 5.38. The van der Waals surface area contributed by atoms with Crippen molar-refractivity contribution in [3.8, 4) is 28.4 Å². The topological polar surface area (TPSA) is 105 Å². The summed E-state index contributed by atoms with van der Waals surface area (Å²) in [6.45, 7) is 2.12. The average molecular weight is 411 g/mol. The first-order valence-electron chi connectivity index (χ1n) is 10.2. The molecule has 5 rings (SSSR count). The second-order valence-electron chi connectivity index (χ2n) is 7.38. The van der Waals surface area contributed by atoms with E-state index in [9.17, 15) is 5.11 Å². The minimum atomic E-state index is 0.0729. The molecule has 31 heavy (non-hydrogen) atoms. The van der Waals surface area contributed by atoms with Crippen molar-refractivity contribution in [2.45, 2.75) is 26.2 Å². The summed E-state index contributed by atoms with van der Waals surface area (Å²) in [5.41, 5.74) is 6.62. The van der Waals surface area contributed by atoms with Gasteiger partial charge in [-0.2, -0.15) is 10.1 Å². The van der Waals surface area contributed by atoms with Crippen molar-refractivity contribution in [1.82, 2.24) is 35.2 Å². The summed E-state index contributed by atoms with van der Waals surface area (Å²) in [5.74, 6) is 0.705. The van der Waals surface area contributed by atoms with Gasteiger partial charge in [-0.1, -0.05) is 61.9 Å². The first-order chi connectivity index (χ1) is 15.2. The molecular weight excluding hydrogens is 390 g/mol. The summed E-state index contributed by atoms with van der Waals surface area (Å²) < 4.78 is 1.83. The minimum absolute atomic E-state index is 0.0729. The predicted molar refractivity (Wildman–Crippen MR) is 117 cm³/mol. The van der Waals surface area contributed by atoms with Gasteiger partial charge in [-0.05, 0) is 33.5 Å². The highest BCUT2D eigenvalue weighted by molar-refractivity contribution is 5.80. The van der Waals surface area contributed by atoms with Crippen molar-refractivity contribution in [2.75, 3.05) is 0 Å². The molecule has 0 saturated carbocycles. The first kappa shape index (κ1) is 18.9. The van der Waals surface area contributed by atoms with E-state index in [-0.39, 0.29) is 5.88 Å². The fraction of sp³-hybridized carbons (Fsp3) is 0.174. The van der Waals surface area contributed by atoms with Crippen LogP contribution < -0.4 is 0 Å². The third-order valence-electron chi connectivity index (χ3n) is 5.38. The molecule has 0 fully saturated rings. The standard InChI is InChI=1S/C23H21N7O/c1-2-5-20-19(23(31)25-21-12-13-24-30(20)21)14-15-8-10-16(11-9-15)17-6-3-4-7-18(17)22-26-28-29-27-22/h3-4,6-13H,2,5,14H2,1H3,(H,25,31)(H,26,27,28,29). The van der Waals surface area contributed by atoms with Gasteiger partial charge in [0.1, 0.15) is 0 Å². The molecule has 0 radical (unpaired) electrons. The molecule has 0 amide bonds. The Bertz CT molecular complexity index is 1320. The number of aryl methyl sites for hydroxylation is 1. The number of aromatic amines is 1. The number of hydrogen-bond donors (Lipinski definition) is 2. The molecule has 5 aromatic rings. The van der Waals surface area contributed by atoms with Crippen LogP contribution in [0.15, 0.2) is 60.8 Å². The summed E-state index contributed by atoms with van der Waals surface area (Å²) in [4.78, 5) is 4.31. The Hall–Kier alpha value is -4.07. The molecule has 0 unspecified atom stereocenters. The smallest absolute Gasteiger partial charge is 0.218 e. The molecule has 2 aromatic carbocycles. The maximum absolute atomic E-state index is 10.6. The number of nitrogens with zero attached hydrogens (tertiary/aromatic N) is 6. The first-order valence-corrected chi connectivity index (χ1v) is 10.2. The number of H-pyrrole nitrogens is 1. The van der Waals surface area contributed by atoms with Gasteiger partial charge in [-0.15, -0.1) is 5.10 Å². The average Bonchev–Trinajstić information content (AvgIpc) is 3.49. The fourth-order valence-electron chi connectivity index (χ4n) is 3.92. The molecule has 8 nitrogen and oxygen atoms in total. The van der Waals surface area contributed by atoms with Crippen molar-refractivity contribution in [1.29, 1.82) is 0 Å². The van der Waals surface area contributed by atoms with Crippen LogP contribution in [0.1, 0.15) is 30.2 Å². The number of benzene rings is 2. The van der Waals surface area contributed by atoms with E-state index in [1.165, 1.54) is 0 Å².